The summed E-state index contributed by atoms with van der Waals surface area (Å²) in [7, 11) is 0. The Labute approximate surface area is 157 Å². The van der Waals surface area contributed by atoms with Crippen molar-refractivity contribution in [1.82, 2.24) is 14.5 Å². The lowest BCUT2D eigenvalue weighted by molar-refractivity contribution is -0.137. The van der Waals surface area contributed by atoms with Crippen LogP contribution in [0.25, 0.3) is 16.9 Å². The van der Waals surface area contributed by atoms with Gasteiger partial charge in [-0.1, -0.05) is 12.1 Å². The average Bonchev–Trinajstić information content (AvgIpc) is 2.96. The van der Waals surface area contributed by atoms with Crippen LogP contribution in [-0.4, -0.2) is 14.5 Å². The van der Waals surface area contributed by atoms with Crippen LogP contribution in [0.2, 0.25) is 0 Å². The molecule has 0 atom stereocenters. The number of aryl methyl sites for hydroxylation is 1. The number of rotatable bonds is 3. The Balaban J connectivity index is 1.71. The fraction of sp³-hybridized carbons (Fsp3) is 0.100. The zero-order chi connectivity index (χ0) is 19.9. The van der Waals surface area contributed by atoms with Crippen LogP contribution in [-0.2, 0) is 6.18 Å². The number of anilines is 2. The van der Waals surface area contributed by atoms with Gasteiger partial charge in [0.05, 0.1) is 16.6 Å². The van der Waals surface area contributed by atoms with Crippen LogP contribution in [0.3, 0.4) is 0 Å². The quantitative estimate of drug-likeness (QED) is 0.464. The van der Waals surface area contributed by atoms with Gasteiger partial charge in [-0.2, -0.15) is 13.2 Å². The van der Waals surface area contributed by atoms with Crippen molar-refractivity contribution in [2.75, 3.05) is 5.32 Å². The summed E-state index contributed by atoms with van der Waals surface area (Å²) in [4.78, 5) is 8.84. The summed E-state index contributed by atoms with van der Waals surface area (Å²) >= 11 is 0. The first kappa shape index (κ1) is 18.0. The van der Waals surface area contributed by atoms with Crippen molar-refractivity contribution in [2.45, 2.75) is 13.1 Å². The smallest absolute Gasteiger partial charge is 0.340 e. The summed E-state index contributed by atoms with van der Waals surface area (Å²) in [5.41, 5.74) is 1.14. The van der Waals surface area contributed by atoms with E-state index in [1.807, 2.05) is 24.3 Å². The monoisotopic (exact) mass is 386 g/mol. The van der Waals surface area contributed by atoms with Gasteiger partial charge >= 0.3 is 6.18 Å². The molecule has 0 aliphatic carbocycles. The molecule has 0 spiro atoms. The number of fused-ring (bicyclic) bond motifs is 1. The van der Waals surface area contributed by atoms with Crippen molar-refractivity contribution in [1.29, 1.82) is 0 Å². The molecule has 28 heavy (non-hydrogen) atoms. The van der Waals surface area contributed by atoms with Gasteiger partial charge in [0.25, 0.3) is 0 Å². The normalized spacial score (nSPS) is 11.8. The number of pyridine rings is 1. The molecular formula is C20H14F4N4. The highest BCUT2D eigenvalue weighted by atomic mass is 19.4. The van der Waals surface area contributed by atoms with Gasteiger partial charge in [0, 0.05) is 17.8 Å². The predicted molar refractivity (Wildman–Crippen MR) is 98.3 cm³/mol. The van der Waals surface area contributed by atoms with Crippen LogP contribution in [0.15, 0.2) is 60.7 Å². The number of alkyl halides is 3. The maximum Gasteiger partial charge on any atom is 0.416 e. The molecule has 2 heterocycles. The molecule has 0 aliphatic heterocycles. The van der Waals surface area contributed by atoms with E-state index in [9.17, 15) is 17.6 Å². The molecule has 0 unspecified atom stereocenters. The molecule has 0 radical (unpaired) electrons. The Hall–Kier alpha value is -3.42. The summed E-state index contributed by atoms with van der Waals surface area (Å²) in [6, 6.07) is 14.3. The molecule has 0 fully saturated rings. The molecule has 2 aromatic heterocycles. The van der Waals surface area contributed by atoms with Crippen LogP contribution in [0.5, 0.6) is 0 Å². The number of imidazole rings is 1. The lowest BCUT2D eigenvalue weighted by Crippen LogP contribution is -2.05. The number of aromatic nitrogens is 3. The minimum absolute atomic E-state index is 0.173. The number of para-hydroxylation sites is 2. The van der Waals surface area contributed by atoms with E-state index < -0.39 is 17.6 Å². The molecule has 4 rings (SSSR count). The van der Waals surface area contributed by atoms with E-state index in [1.165, 1.54) is 24.3 Å². The van der Waals surface area contributed by atoms with Gasteiger partial charge in [-0.3, -0.25) is 4.57 Å². The largest absolute Gasteiger partial charge is 0.416 e. The maximum atomic E-state index is 14.2. The highest BCUT2D eigenvalue weighted by Crippen LogP contribution is 2.30. The lowest BCUT2D eigenvalue weighted by atomic mass is 10.2. The highest BCUT2D eigenvalue weighted by Gasteiger charge is 2.29. The second kappa shape index (κ2) is 6.63. The number of hydrogen-bond acceptors (Lipinski definition) is 3. The van der Waals surface area contributed by atoms with Gasteiger partial charge in [0.15, 0.2) is 0 Å². The molecule has 0 saturated heterocycles. The van der Waals surface area contributed by atoms with E-state index in [0.29, 0.717) is 17.3 Å². The Morgan fingerprint density at radius 1 is 0.929 bits per heavy atom. The lowest BCUT2D eigenvalue weighted by Gasteiger charge is -2.11. The summed E-state index contributed by atoms with van der Waals surface area (Å²) in [5.74, 6) is 0.601. The first-order chi connectivity index (χ1) is 13.3. The van der Waals surface area contributed by atoms with Crippen molar-refractivity contribution >= 4 is 22.5 Å². The van der Waals surface area contributed by atoms with Crippen LogP contribution < -0.4 is 5.32 Å². The minimum atomic E-state index is -4.41. The third-order valence-electron chi connectivity index (χ3n) is 4.22. The topological polar surface area (TPSA) is 42.7 Å². The molecule has 4 aromatic rings. The average molecular weight is 386 g/mol. The van der Waals surface area contributed by atoms with Gasteiger partial charge < -0.3 is 5.32 Å². The van der Waals surface area contributed by atoms with Crippen molar-refractivity contribution in [3.8, 4) is 5.82 Å². The summed E-state index contributed by atoms with van der Waals surface area (Å²) in [6.07, 6.45) is -4.41. The van der Waals surface area contributed by atoms with E-state index in [1.54, 1.807) is 11.5 Å². The second-order valence-corrected chi connectivity index (χ2v) is 6.21. The Morgan fingerprint density at radius 3 is 2.36 bits per heavy atom. The van der Waals surface area contributed by atoms with Crippen molar-refractivity contribution in [2.24, 2.45) is 0 Å². The molecule has 0 saturated carbocycles. The fourth-order valence-corrected chi connectivity index (χ4v) is 2.99. The Kier molecular flexibility index (Phi) is 4.26. The number of halogens is 4. The van der Waals surface area contributed by atoms with Crippen molar-refractivity contribution in [3.63, 3.8) is 0 Å². The summed E-state index contributed by atoms with van der Waals surface area (Å²) in [5, 5.41) is 2.84. The minimum Gasteiger partial charge on any atom is -0.340 e. The van der Waals surface area contributed by atoms with Gasteiger partial charge in [0.2, 0.25) is 0 Å². The summed E-state index contributed by atoms with van der Waals surface area (Å²) < 4.78 is 54.0. The second-order valence-electron chi connectivity index (χ2n) is 6.21. The molecule has 8 heteroatoms. The number of benzene rings is 2. The zero-order valence-electron chi connectivity index (χ0n) is 14.6. The summed E-state index contributed by atoms with van der Waals surface area (Å²) in [6.45, 7) is 1.79. The fourth-order valence-electron chi connectivity index (χ4n) is 2.99. The molecular weight excluding hydrogens is 372 g/mol. The molecule has 2 aromatic carbocycles. The van der Waals surface area contributed by atoms with Crippen LogP contribution in [0.1, 0.15) is 11.4 Å². The van der Waals surface area contributed by atoms with Crippen LogP contribution >= 0.6 is 0 Å². The van der Waals surface area contributed by atoms with E-state index in [4.69, 9.17) is 0 Å². The van der Waals surface area contributed by atoms with Gasteiger partial charge in [-0.05, 0) is 43.3 Å². The van der Waals surface area contributed by atoms with Crippen LogP contribution in [0.4, 0.5) is 29.1 Å². The van der Waals surface area contributed by atoms with Gasteiger partial charge in [-0.25, -0.2) is 14.4 Å². The first-order valence-corrected chi connectivity index (χ1v) is 8.37. The third-order valence-corrected chi connectivity index (χ3v) is 4.22. The SMILES string of the molecule is Cc1nc2ccccc2n1-c1cc(F)cc(Nc2ccc(C(F)(F)F)cc2)n1. The zero-order valence-corrected chi connectivity index (χ0v) is 14.6. The molecule has 1 N–H and O–H groups in total. The molecule has 0 amide bonds. The van der Waals surface area contributed by atoms with Gasteiger partial charge in [0.1, 0.15) is 23.3 Å². The number of hydrogen-bond donors (Lipinski definition) is 1. The Bertz CT molecular complexity index is 1150. The van der Waals surface area contributed by atoms with Crippen molar-refractivity contribution in [3.05, 3.63) is 77.9 Å². The molecule has 0 bridgehead atoms. The third kappa shape index (κ3) is 3.40. The van der Waals surface area contributed by atoms with E-state index >= 15 is 0 Å². The van der Waals surface area contributed by atoms with E-state index in [0.717, 1.165) is 23.2 Å². The number of nitrogens with one attached hydrogen (secondary N) is 1. The molecule has 142 valence electrons. The van der Waals surface area contributed by atoms with E-state index in [-0.39, 0.29) is 5.82 Å². The molecule has 0 aliphatic rings. The van der Waals surface area contributed by atoms with Crippen molar-refractivity contribution < 1.29 is 17.6 Å². The maximum absolute atomic E-state index is 14.2. The Morgan fingerprint density at radius 2 is 1.64 bits per heavy atom. The number of nitrogens with zero attached hydrogens (tertiary/aromatic N) is 3. The molecule has 4 nitrogen and oxygen atoms in total. The predicted octanol–water partition coefficient (Wildman–Crippen LogP) is 5.63. The van der Waals surface area contributed by atoms with E-state index in [2.05, 4.69) is 15.3 Å². The standard InChI is InChI=1S/C20H14F4N4/c1-12-25-16-4-2-3-5-17(16)28(12)19-11-14(21)10-18(27-19)26-15-8-6-13(7-9-15)20(22,23)24/h2-11H,1H3,(H,26,27). The van der Waals surface area contributed by atoms with Gasteiger partial charge in [-0.15, -0.1) is 0 Å². The van der Waals surface area contributed by atoms with Crippen LogP contribution in [0, 0.1) is 12.7 Å². The highest BCUT2D eigenvalue weighted by molar-refractivity contribution is 5.78. The first-order valence-electron chi connectivity index (χ1n) is 8.37.